The minimum absolute atomic E-state index is 0.230. The van der Waals surface area contributed by atoms with Gasteiger partial charge in [0.2, 0.25) is 0 Å². The Kier molecular flexibility index (Phi) is 4.79. The summed E-state index contributed by atoms with van der Waals surface area (Å²) in [5.41, 5.74) is 0. The first kappa shape index (κ1) is 9.80. The minimum atomic E-state index is 0.230. The second kappa shape index (κ2) is 5.38. The van der Waals surface area contributed by atoms with Crippen molar-refractivity contribution in [2.75, 3.05) is 39.3 Å². The summed E-state index contributed by atoms with van der Waals surface area (Å²) in [6.45, 7) is 7.92. The van der Waals surface area contributed by atoms with Crippen LogP contribution in [0.5, 0.6) is 0 Å². The molecule has 3 aliphatic rings. The first-order valence-corrected chi connectivity index (χ1v) is 10.1. The van der Waals surface area contributed by atoms with Crippen LogP contribution in [-0.4, -0.2) is 70.2 Å². The number of rotatable bonds is 0. The average Bonchev–Trinajstić information content (AvgIpc) is 2.09. The van der Waals surface area contributed by atoms with E-state index in [0.717, 1.165) is 0 Å². The monoisotopic (exact) mass is 262 g/mol. The van der Waals surface area contributed by atoms with E-state index in [9.17, 15) is 0 Å². The topological polar surface area (TPSA) is 6.48 Å². The van der Waals surface area contributed by atoms with E-state index in [1.807, 2.05) is 0 Å². The van der Waals surface area contributed by atoms with Crippen molar-refractivity contribution in [1.82, 2.24) is 9.80 Å². The molecule has 0 saturated carbocycles. The quantitative estimate of drug-likeness (QED) is 0.582. The van der Waals surface area contributed by atoms with Crippen LogP contribution in [0.2, 0.25) is 9.88 Å². The fourth-order valence-electron chi connectivity index (χ4n) is 1.52. The molecule has 3 heteroatoms. The van der Waals surface area contributed by atoms with E-state index in [2.05, 4.69) is 19.7 Å². The number of nitrogens with zero attached hydrogens (tertiary/aromatic N) is 2. The molecule has 2 nitrogen and oxygen atoms in total. The van der Waals surface area contributed by atoms with Crippen molar-refractivity contribution >= 4 is 21.1 Å². The molecule has 3 heterocycles. The van der Waals surface area contributed by atoms with E-state index in [0.29, 0.717) is 0 Å². The van der Waals surface area contributed by atoms with Crippen LogP contribution < -0.4 is 0 Å². The zero-order valence-electron chi connectivity index (χ0n) is 7.64. The van der Waals surface area contributed by atoms with Gasteiger partial charge in [-0.2, -0.15) is 0 Å². The van der Waals surface area contributed by atoms with E-state index in [1.165, 1.54) is 39.3 Å². The van der Waals surface area contributed by atoms with Crippen molar-refractivity contribution in [3.63, 3.8) is 0 Å². The molecule has 0 aliphatic carbocycles. The van der Waals surface area contributed by atoms with Crippen molar-refractivity contribution in [2.45, 2.75) is 9.88 Å². The third-order valence-electron chi connectivity index (χ3n) is 2.20. The van der Waals surface area contributed by atoms with Gasteiger partial charge in [-0.25, -0.2) is 0 Å². The van der Waals surface area contributed by atoms with Crippen molar-refractivity contribution in [3.8, 4) is 0 Å². The third kappa shape index (κ3) is 3.30. The van der Waals surface area contributed by atoms with E-state index in [4.69, 9.17) is 0 Å². The van der Waals surface area contributed by atoms with Crippen LogP contribution in [0.25, 0.3) is 0 Å². The van der Waals surface area contributed by atoms with E-state index < -0.39 is 0 Å². The second-order valence-electron chi connectivity index (χ2n) is 3.18. The molecule has 0 spiro atoms. The fraction of sp³-hybridized carbons (Fsp3) is 1.00. The van der Waals surface area contributed by atoms with Gasteiger partial charge in [-0.05, 0) is 0 Å². The molecule has 3 fully saturated rings. The Balaban J connectivity index is 0.000000179. The number of hydrogen-bond acceptors (Lipinski definition) is 2. The molecule has 11 heavy (non-hydrogen) atoms. The summed E-state index contributed by atoms with van der Waals surface area (Å²) < 4.78 is 0. The molecule has 2 radical (unpaired) electrons. The van der Waals surface area contributed by atoms with Gasteiger partial charge in [-0.15, -0.1) is 0 Å². The molecule has 64 valence electrons. The number of piperazine rings is 3. The zero-order valence-corrected chi connectivity index (χ0v) is 10.5. The van der Waals surface area contributed by atoms with Crippen LogP contribution in [0.4, 0.5) is 0 Å². The van der Waals surface area contributed by atoms with E-state index in [1.54, 1.807) is 0 Å². The molecule has 3 aliphatic heterocycles. The van der Waals surface area contributed by atoms with Crippen molar-refractivity contribution in [3.05, 3.63) is 0 Å². The Labute approximate surface area is 80.2 Å². The average molecular weight is 261 g/mol. The summed E-state index contributed by atoms with van der Waals surface area (Å²) in [5, 5.41) is 0. The van der Waals surface area contributed by atoms with Crippen molar-refractivity contribution in [1.29, 1.82) is 0 Å². The van der Waals surface area contributed by atoms with Crippen LogP contribution in [0, 0.1) is 0 Å². The van der Waals surface area contributed by atoms with E-state index in [-0.39, 0.29) is 21.1 Å². The Morgan fingerprint density at radius 3 is 1.00 bits per heavy atom. The van der Waals surface area contributed by atoms with Gasteiger partial charge in [-0.3, -0.25) is 9.80 Å². The molecule has 0 aromatic heterocycles. The molecular formula is C8H18N2Sn. The molecule has 3 saturated heterocycles. The summed E-state index contributed by atoms with van der Waals surface area (Å²) >= 11 is 0.230. The Bertz CT molecular complexity index is 77.2. The van der Waals surface area contributed by atoms with Crippen LogP contribution in [0.3, 0.4) is 0 Å². The SMILES string of the molecule is C1CN2CCN1CC2.[CH3][Sn][CH3]. The Morgan fingerprint density at radius 2 is 0.909 bits per heavy atom. The Morgan fingerprint density at radius 1 is 0.727 bits per heavy atom. The predicted molar refractivity (Wildman–Crippen MR) is 50.4 cm³/mol. The fourth-order valence-corrected chi connectivity index (χ4v) is 1.52. The van der Waals surface area contributed by atoms with Crippen LogP contribution >= 0.6 is 0 Å². The Hall–Kier alpha value is 0.719. The van der Waals surface area contributed by atoms with Gasteiger partial charge in [0, 0.05) is 39.3 Å². The van der Waals surface area contributed by atoms with Crippen LogP contribution in [0.1, 0.15) is 0 Å². The molecule has 0 atom stereocenters. The number of fused-ring (bicyclic) bond motifs is 3. The molecular weight excluding hydrogens is 243 g/mol. The first-order valence-electron chi connectivity index (χ1n) is 4.40. The van der Waals surface area contributed by atoms with Gasteiger partial charge in [0.25, 0.3) is 0 Å². The van der Waals surface area contributed by atoms with Crippen LogP contribution in [0.15, 0.2) is 0 Å². The third-order valence-corrected chi connectivity index (χ3v) is 2.20. The van der Waals surface area contributed by atoms with Gasteiger partial charge < -0.3 is 0 Å². The van der Waals surface area contributed by atoms with Crippen molar-refractivity contribution in [2.24, 2.45) is 0 Å². The summed E-state index contributed by atoms with van der Waals surface area (Å²) in [5.74, 6) is 0. The summed E-state index contributed by atoms with van der Waals surface area (Å²) in [4.78, 5) is 9.67. The molecule has 0 aromatic rings. The van der Waals surface area contributed by atoms with Crippen LogP contribution in [-0.2, 0) is 0 Å². The molecule has 0 aromatic carbocycles. The predicted octanol–water partition coefficient (Wildman–Crippen LogP) is 0.404. The molecule has 0 unspecified atom stereocenters. The maximum absolute atomic E-state index is 2.54. The maximum atomic E-state index is 2.54. The normalized spacial score (nSPS) is 34.4. The molecule has 3 rings (SSSR count). The van der Waals surface area contributed by atoms with Gasteiger partial charge in [0.05, 0.1) is 0 Å². The van der Waals surface area contributed by atoms with Gasteiger partial charge in [0.15, 0.2) is 0 Å². The first-order chi connectivity index (χ1) is 5.36. The van der Waals surface area contributed by atoms with E-state index >= 15 is 0 Å². The molecule has 2 bridgehead atoms. The van der Waals surface area contributed by atoms with Gasteiger partial charge in [0.1, 0.15) is 0 Å². The second-order valence-corrected chi connectivity index (χ2v) is 6.04. The molecule has 0 amide bonds. The van der Waals surface area contributed by atoms with Gasteiger partial charge in [-0.1, -0.05) is 0 Å². The standard InChI is InChI=1S/C6H12N2.2CH3.Sn/c1-2-8-5-3-7(1)4-6-8;;;/h1-6H2;2*1H3;. The molecule has 0 N–H and O–H groups in total. The summed E-state index contributed by atoms with van der Waals surface area (Å²) in [6.07, 6.45) is 0. The zero-order chi connectivity index (χ0) is 8.10. The number of hydrogen-bond donors (Lipinski definition) is 0. The van der Waals surface area contributed by atoms with Gasteiger partial charge >= 0.3 is 31.0 Å². The summed E-state index contributed by atoms with van der Waals surface area (Å²) in [6, 6.07) is 0. The summed E-state index contributed by atoms with van der Waals surface area (Å²) in [7, 11) is 0. The van der Waals surface area contributed by atoms with Crippen molar-refractivity contribution < 1.29 is 0 Å².